The van der Waals surface area contributed by atoms with E-state index in [4.69, 9.17) is 16.7 Å². The van der Waals surface area contributed by atoms with Crippen molar-refractivity contribution in [3.05, 3.63) is 59.2 Å². The van der Waals surface area contributed by atoms with Gasteiger partial charge in [0.1, 0.15) is 0 Å². The number of aromatic amines is 1. The Labute approximate surface area is 123 Å². The highest BCUT2D eigenvalue weighted by molar-refractivity contribution is 6.34. The molecule has 2 N–H and O–H groups in total. The van der Waals surface area contributed by atoms with E-state index in [1.807, 2.05) is 18.3 Å². The standard InChI is InChI=1S/C17H16ClNO/c18-16-11-17-14(7-8-19-17)10-15(16)13-5-3-12(4-6-13)2-1-9-20/h3-8,10-11,19-20H,1-2,9H2. The summed E-state index contributed by atoms with van der Waals surface area (Å²) < 4.78 is 0. The molecule has 3 heteroatoms. The molecular weight excluding hydrogens is 270 g/mol. The van der Waals surface area contributed by atoms with Crippen molar-refractivity contribution in [2.75, 3.05) is 6.61 Å². The minimum absolute atomic E-state index is 0.234. The number of benzene rings is 2. The van der Waals surface area contributed by atoms with Gasteiger partial charge in [0.25, 0.3) is 0 Å². The second-order valence-electron chi connectivity index (χ2n) is 4.92. The van der Waals surface area contributed by atoms with Gasteiger partial charge in [-0.05, 0) is 42.2 Å². The van der Waals surface area contributed by atoms with E-state index in [2.05, 4.69) is 35.3 Å². The van der Waals surface area contributed by atoms with Gasteiger partial charge in [-0.15, -0.1) is 0 Å². The van der Waals surface area contributed by atoms with Gasteiger partial charge < -0.3 is 10.1 Å². The van der Waals surface area contributed by atoms with E-state index in [1.165, 1.54) is 5.56 Å². The van der Waals surface area contributed by atoms with Crippen molar-refractivity contribution in [3.8, 4) is 11.1 Å². The SMILES string of the molecule is OCCCc1ccc(-c2cc3cc[nH]c3cc2Cl)cc1. The Morgan fingerprint density at radius 3 is 2.60 bits per heavy atom. The molecule has 102 valence electrons. The summed E-state index contributed by atoms with van der Waals surface area (Å²) in [6.07, 6.45) is 3.62. The molecule has 3 aromatic rings. The predicted octanol–water partition coefficient (Wildman–Crippen LogP) is 4.41. The highest BCUT2D eigenvalue weighted by Crippen LogP contribution is 2.32. The number of halogens is 1. The largest absolute Gasteiger partial charge is 0.396 e. The van der Waals surface area contributed by atoms with E-state index in [-0.39, 0.29) is 6.61 Å². The zero-order valence-electron chi connectivity index (χ0n) is 11.1. The average molecular weight is 286 g/mol. The van der Waals surface area contributed by atoms with E-state index in [1.54, 1.807) is 0 Å². The Hall–Kier alpha value is -1.77. The third kappa shape index (κ3) is 2.58. The quantitative estimate of drug-likeness (QED) is 0.732. The smallest absolute Gasteiger partial charge is 0.0505 e. The van der Waals surface area contributed by atoms with Gasteiger partial charge in [0.2, 0.25) is 0 Å². The maximum Gasteiger partial charge on any atom is 0.0505 e. The molecule has 0 amide bonds. The molecule has 0 aliphatic rings. The fourth-order valence-corrected chi connectivity index (χ4v) is 2.70. The first-order valence-corrected chi connectivity index (χ1v) is 7.12. The second-order valence-corrected chi connectivity index (χ2v) is 5.33. The number of hydrogen-bond acceptors (Lipinski definition) is 1. The van der Waals surface area contributed by atoms with E-state index < -0.39 is 0 Å². The maximum atomic E-state index is 8.86. The first-order chi connectivity index (χ1) is 9.78. The van der Waals surface area contributed by atoms with Crippen LogP contribution in [0.1, 0.15) is 12.0 Å². The molecule has 0 aliphatic heterocycles. The van der Waals surface area contributed by atoms with Crippen LogP contribution in [0.25, 0.3) is 22.0 Å². The van der Waals surface area contributed by atoms with Crippen molar-refractivity contribution in [1.82, 2.24) is 4.98 Å². The molecule has 1 aromatic heterocycles. The molecule has 1 heterocycles. The normalized spacial score (nSPS) is 11.1. The van der Waals surface area contributed by atoms with Crippen LogP contribution in [-0.2, 0) is 6.42 Å². The molecule has 0 saturated heterocycles. The molecule has 0 unspecified atom stereocenters. The summed E-state index contributed by atoms with van der Waals surface area (Å²) in [5.41, 5.74) is 4.46. The molecule has 2 aromatic carbocycles. The molecule has 0 bridgehead atoms. The molecule has 20 heavy (non-hydrogen) atoms. The Bertz CT molecular complexity index is 715. The molecule has 0 spiro atoms. The van der Waals surface area contributed by atoms with E-state index in [0.717, 1.165) is 39.9 Å². The lowest BCUT2D eigenvalue weighted by Gasteiger charge is -2.07. The lowest BCUT2D eigenvalue weighted by molar-refractivity contribution is 0.288. The van der Waals surface area contributed by atoms with Crippen LogP contribution in [0.4, 0.5) is 0 Å². The summed E-state index contributed by atoms with van der Waals surface area (Å²) in [6.45, 7) is 0.234. The van der Waals surface area contributed by atoms with Gasteiger partial charge in [-0.2, -0.15) is 0 Å². The summed E-state index contributed by atoms with van der Waals surface area (Å²) in [6, 6.07) is 14.5. The summed E-state index contributed by atoms with van der Waals surface area (Å²) >= 11 is 6.36. The third-order valence-electron chi connectivity index (χ3n) is 3.53. The first-order valence-electron chi connectivity index (χ1n) is 6.75. The van der Waals surface area contributed by atoms with Gasteiger partial charge in [-0.3, -0.25) is 0 Å². The third-order valence-corrected chi connectivity index (χ3v) is 3.84. The van der Waals surface area contributed by atoms with Crippen LogP contribution in [0.15, 0.2) is 48.7 Å². The van der Waals surface area contributed by atoms with E-state index >= 15 is 0 Å². The minimum atomic E-state index is 0.234. The number of aryl methyl sites for hydroxylation is 1. The van der Waals surface area contributed by atoms with Crippen molar-refractivity contribution in [3.63, 3.8) is 0 Å². The predicted molar refractivity (Wildman–Crippen MR) is 84.2 cm³/mol. The van der Waals surface area contributed by atoms with Gasteiger partial charge in [0.05, 0.1) is 5.02 Å². The lowest BCUT2D eigenvalue weighted by atomic mass is 10.0. The van der Waals surface area contributed by atoms with Crippen LogP contribution >= 0.6 is 11.6 Å². The van der Waals surface area contributed by atoms with Crippen molar-refractivity contribution >= 4 is 22.5 Å². The topological polar surface area (TPSA) is 36.0 Å². The highest BCUT2D eigenvalue weighted by atomic mass is 35.5. The zero-order valence-corrected chi connectivity index (χ0v) is 11.8. The highest BCUT2D eigenvalue weighted by Gasteiger charge is 2.06. The molecule has 0 atom stereocenters. The number of aromatic nitrogens is 1. The van der Waals surface area contributed by atoms with Crippen molar-refractivity contribution < 1.29 is 5.11 Å². The van der Waals surface area contributed by atoms with Crippen LogP contribution in [0.2, 0.25) is 5.02 Å². The monoisotopic (exact) mass is 285 g/mol. The number of nitrogens with one attached hydrogen (secondary N) is 1. The number of H-pyrrole nitrogens is 1. The van der Waals surface area contributed by atoms with Crippen molar-refractivity contribution in [2.24, 2.45) is 0 Å². The van der Waals surface area contributed by atoms with Gasteiger partial charge in [-0.25, -0.2) is 0 Å². The number of hydrogen-bond donors (Lipinski definition) is 2. The van der Waals surface area contributed by atoms with Crippen LogP contribution in [0.3, 0.4) is 0 Å². The molecule has 0 radical (unpaired) electrons. The lowest BCUT2D eigenvalue weighted by Crippen LogP contribution is -1.89. The fourth-order valence-electron chi connectivity index (χ4n) is 2.43. The number of rotatable bonds is 4. The average Bonchev–Trinajstić information content (AvgIpc) is 2.92. The van der Waals surface area contributed by atoms with Gasteiger partial charge >= 0.3 is 0 Å². The molecule has 0 aliphatic carbocycles. The number of aliphatic hydroxyl groups excluding tert-OH is 1. The zero-order chi connectivity index (χ0) is 13.9. The fraction of sp³-hybridized carbons (Fsp3) is 0.176. The van der Waals surface area contributed by atoms with Crippen LogP contribution in [0.5, 0.6) is 0 Å². The molecular formula is C17H16ClNO. The van der Waals surface area contributed by atoms with Crippen LogP contribution in [-0.4, -0.2) is 16.7 Å². The minimum Gasteiger partial charge on any atom is -0.396 e. The van der Waals surface area contributed by atoms with E-state index in [9.17, 15) is 0 Å². The Morgan fingerprint density at radius 1 is 1.05 bits per heavy atom. The summed E-state index contributed by atoms with van der Waals surface area (Å²) in [4.78, 5) is 3.16. The second kappa shape index (κ2) is 5.70. The summed E-state index contributed by atoms with van der Waals surface area (Å²) in [5, 5.41) is 10.8. The van der Waals surface area contributed by atoms with Gasteiger partial charge in [-0.1, -0.05) is 35.9 Å². The Morgan fingerprint density at radius 2 is 1.85 bits per heavy atom. The number of aliphatic hydroxyl groups is 1. The van der Waals surface area contributed by atoms with Crippen LogP contribution < -0.4 is 0 Å². The molecule has 0 fully saturated rings. The first kappa shape index (κ1) is 13.2. The molecule has 2 nitrogen and oxygen atoms in total. The van der Waals surface area contributed by atoms with E-state index in [0.29, 0.717) is 0 Å². The van der Waals surface area contributed by atoms with Gasteiger partial charge in [0, 0.05) is 29.3 Å². The van der Waals surface area contributed by atoms with Crippen molar-refractivity contribution in [1.29, 1.82) is 0 Å². The maximum absolute atomic E-state index is 8.86. The number of fused-ring (bicyclic) bond motifs is 1. The van der Waals surface area contributed by atoms with Crippen molar-refractivity contribution in [2.45, 2.75) is 12.8 Å². The summed E-state index contributed by atoms with van der Waals surface area (Å²) in [7, 11) is 0. The van der Waals surface area contributed by atoms with Crippen LogP contribution in [0, 0.1) is 0 Å². The summed E-state index contributed by atoms with van der Waals surface area (Å²) in [5.74, 6) is 0. The van der Waals surface area contributed by atoms with Gasteiger partial charge in [0.15, 0.2) is 0 Å². The Balaban J connectivity index is 1.95. The molecule has 0 saturated carbocycles. The molecule has 3 rings (SSSR count). The Kier molecular flexibility index (Phi) is 3.77.